The minimum atomic E-state index is -0.310. The van der Waals surface area contributed by atoms with E-state index >= 15 is 0 Å². The molecule has 0 saturated heterocycles. The van der Waals surface area contributed by atoms with Gasteiger partial charge >= 0.3 is 0 Å². The van der Waals surface area contributed by atoms with Gasteiger partial charge in [0.25, 0.3) is 5.91 Å². The third-order valence-corrected chi connectivity index (χ3v) is 4.44. The molecule has 160 valence electrons. The van der Waals surface area contributed by atoms with Gasteiger partial charge in [-0.25, -0.2) is 0 Å². The van der Waals surface area contributed by atoms with Crippen LogP contribution in [0.4, 0.5) is 0 Å². The van der Waals surface area contributed by atoms with Gasteiger partial charge in [-0.3, -0.25) is 9.89 Å². The molecular weight excluding hydrogens is 398 g/mol. The van der Waals surface area contributed by atoms with Crippen LogP contribution in [0, 0.1) is 11.8 Å². The van der Waals surface area contributed by atoms with Crippen molar-refractivity contribution >= 4 is 5.91 Å². The molecule has 0 radical (unpaired) electrons. The summed E-state index contributed by atoms with van der Waals surface area (Å²) in [6.07, 6.45) is 0. The van der Waals surface area contributed by atoms with Crippen LogP contribution in [0.15, 0.2) is 42.5 Å². The average Bonchev–Trinajstić information content (AvgIpc) is 3.31. The van der Waals surface area contributed by atoms with Gasteiger partial charge in [-0.1, -0.05) is 11.8 Å². The van der Waals surface area contributed by atoms with Crippen molar-refractivity contribution in [2.45, 2.75) is 0 Å². The van der Waals surface area contributed by atoms with E-state index in [2.05, 4.69) is 27.4 Å². The number of carbonyl (C=O) groups is 1. The maximum Gasteiger partial charge on any atom is 0.270 e. The molecule has 3 aromatic rings. The highest BCUT2D eigenvalue weighted by Gasteiger charge is 2.17. The van der Waals surface area contributed by atoms with Crippen LogP contribution in [0.1, 0.15) is 16.1 Å². The van der Waals surface area contributed by atoms with Gasteiger partial charge in [-0.15, -0.1) is 0 Å². The molecule has 0 aliphatic rings. The summed E-state index contributed by atoms with van der Waals surface area (Å²) in [5, 5.41) is 9.70. The van der Waals surface area contributed by atoms with Crippen molar-refractivity contribution in [3.8, 4) is 46.1 Å². The van der Waals surface area contributed by atoms with Crippen molar-refractivity contribution in [1.29, 1.82) is 0 Å². The summed E-state index contributed by atoms with van der Waals surface area (Å²) in [5.74, 6) is 7.84. The summed E-state index contributed by atoms with van der Waals surface area (Å²) in [7, 11) is 6.22. The summed E-state index contributed by atoms with van der Waals surface area (Å²) >= 11 is 0. The van der Waals surface area contributed by atoms with E-state index in [1.54, 1.807) is 25.3 Å². The number of aromatic amines is 1. The number of amides is 1. The second-order valence-corrected chi connectivity index (χ2v) is 6.29. The van der Waals surface area contributed by atoms with E-state index in [0.717, 1.165) is 11.3 Å². The molecule has 2 N–H and O–H groups in total. The van der Waals surface area contributed by atoms with Gasteiger partial charge in [0.05, 0.1) is 40.7 Å². The predicted molar refractivity (Wildman–Crippen MR) is 116 cm³/mol. The molecule has 1 aromatic heterocycles. The Kier molecular flexibility index (Phi) is 7.01. The van der Waals surface area contributed by atoms with Gasteiger partial charge in [-0.05, 0) is 42.5 Å². The highest BCUT2D eigenvalue weighted by atomic mass is 16.5. The Labute approximate surface area is 180 Å². The SMILES string of the molecule is COc1ccc(C#CCNC(=O)c2cc(-c3cc(OC)c(OC)c(OC)c3)n[nH]2)cc1. The van der Waals surface area contributed by atoms with Crippen molar-refractivity contribution in [1.82, 2.24) is 15.5 Å². The predicted octanol–water partition coefficient (Wildman–Crippen LogP) is 2.89. The number of carbonyl (C=O) groups excluding carboxylic acids is 1. The Bertz CT molecular complexity index is 1090. The van der Waals surface area contributed by atoms with E-state index in [1.807, 2.05) is 24.3 Å². The molecule has 31 heavy (non-hydrogen) atoms. The minimum absolute atomic E-state index is 0.198. The number of hydrogen-bond donors (Lipinski definition) is 2. The Morgan fingerprint density at radius 2 is 1.65 bits per heavy atom. The number of ether oxygens (including phenoxy) is 4. The molecule has 0 saturated carbocycles. The van der Waals surface area contributed by atoms with E-state index in [9.17, 15) is 4.79 Å². The van der Waals surface area contributed by atoms with Crippen LogP contribution in [0.25, 0.3) is 11.3 Å². The van der Waals surface area contributed by atoms with Gasteiger partial charge in [0, 0.05) is 11.1 Å². The molecule has 2 aromatic carbocycles. The van der Waals surface area contributed by atoms with E-state index in [4.69, 9.17) is 18.9 Å². The van der Waals surface area contributed by atoms with E-state index in [-0.39, 0.29) is 12.5 Å². The van der Waals surface area contributed by atoms with Crippen molar-refractivity contribution < 1.29 is 23.7 Å². The highest BCUT2D eigenvalue weighted by molar-refractivity contribution is 5.93. The number of hydrogen-bond acceptors (Lipinski definition) is 6. The molecular formula is C23H23N3O5. The monoisotopic (exact) mass is 421 g/mol. The molecule has 0 bridgehead atoms. The number of rotatable bonds is 7. The van der Waals surface area contributed by atoms with Gasteiger partial charge in [0.1, 0.15) is 11.4 Å². The first kappa shape index (κ1) is 21.6. The molecule has 1 amide bonds. The molecule has 0 spiro atoms. The Morgan fingerprint density at radius 3 is 2.23 bits per heavy atom. The van der Waals surface area contributed by atoms with Crippen molar-refractivity contribution in [2.24, 2.45) is 0 Å². The Morgan fingerprint density at radius 1 is 0.968 bits per heavy atom. The molecule has 0 unspecified atom stereocenters. The fraction of sp³-hybridized carbons (Fsp3) is 0.217. The summed E-state index contributed by atoms with van der Waals surface area (Å²) in [6, 6.07) is 12.5. The van der Waals surface area contributed by atoms with Crippen LogP contribution in [0.3, 0.4) is 0 Å². The first-order chi connectivity index (χ1) is 15.1. The number of H-pyrrole nitrogens is 1. The lowest BCUT2D eigenvalue weighted by atomic mass is 10.1. The van der Waals surface area contributed by atoms with Gasteiger partial charge < -0.3 is 24.3 Å². The highest BCUT2D eigenvalue weighted by Crippen LogP contribution is 2.40. The maximum absolute atomic E-state index is 12.4. The van der Waals surface area contributed by atoms with Gasteiger partial charge in [-0.2, -0.15) is 5.10 Å². The molecule has 8 heteroatoms. The normalized spacial score (nSPS) is 9.94. The van der Waals surface area contributed by atoms with E-state index in [0.29, 0.717) is 34.2 Å². The molecule has 0 aliphatic heterocycles. The molecule has 0 fully saturated rings. The summed E-state index contributed by atoms with van der Waals surface area (Å²) in [6.45, 7) is 0.198. The second-order valence-electron chi connectivity index (χ2n) is 6.29. The zero-order chi connectivity index (χ0) is 22.2. The number of nitrogens with one attached hydrogen (secondary N) is 2. The van der Waals surface area contributed by atoms with Crippen LogP contribution in [0.2, 0.25) is 0 Å². The minimum Gasteiger partial charge on any atom is -0.497 e. The maximum atomic E-state index is 12.4. The number of aromatic nitrogens is 2. The van der Waals surface area contributed by atoms with E-state index < -0.39 is 0 Å². The van der Waals surface area contributed by atoms with Gasteiger partial charge in [0.2, 0.25) is 5.75 Å². The Balaban J connectivity index is 1.68. The first-order valence-corrected chi connectivity index (χ1v) is 9.36. The van der Waals surface area contributed by atoms with Crippen molar-refractivity contribution in [3.63, 3.8) is 0 Å². The molecule has 0 aliphatic carbocycles. The standard InChI is InChI=1S/C23H23N3O5/c1-28-17-9-7-15(8-10-17)6-5-11-24-23(27)19-14-18(25-26-19)16-12-20(29-2)22(31-4)21(13-16)30-3/h7-10,12-14H,11H2,1-4H3,(H,24,27)(H,25,26). The fourth-order valence-corrected chi connectivity index (χ4v) is 2.86. The molecule has 1 heterocycles. The van der Waals surface area contributed by atoms with Crippen LogP contribution in [0.5, 0.6) is 23.0 Å². The van der Waals surface area contributed by atoms with Crippen molar-refractivity contribution in [2.75, 3.05) is 35.0 Å². The second kappa shape index (κ2) is 10.1. The van der Waals surface area contributed by atoms with Crippen LogP contribution in [-0.4, -0.2) is 51.1 Å². The van der Waals surface area contributed by atoms with Crippen LogP contribution < -0.4 is 24.3 Å². The summed E-state index contributed by atoms with van der Waals surface area (Å²) in [4.78, 5) is 12.4. The Hall–Kier alpha value is -4.12. The summed E-state index contributed by atoms with van der Waals surface area (Å²) in [5.41, 5.74) is 2.43. The number of nitrogens with zero attached hydrogens (tertiary/aromatic N) is 1. The third kappa shape index (κ3) is 5.08. The average molecular weight is 421 g/mol. The lowest BCUT2D eigenvalue weighted by molar-refractivity contribution is 0.0953. The molecule has 8 nitrogen and oxygen atoms in total. The quantitative estimate of drug-likeness (QED) is 0.570. The lowest BCUT2D eigenvalue weighted by Gasteiger charge is -2.13. The number of benzene rings is 2. The summed E-state index contributed by atoms with van der Waals surface area (Å²) < 4.78 is 21.2. The third-order valence-electron chi connectivity index (χ3n) is 4.44. The van der Waals surface area contributed by atoms with Crippen LogP contribution >= 0.6 is 0 Å². The number of methoxy groups -OCH3 is 4. The molecule has 3 rings (SSSR count). The zero-order valence-corrected chi connectivity index (χ0v) is 17.7. The van der Waals surface area contributed by atoms with Crippen molar-refractivity contribution in [3.05, 3.63) is 53.7 Å². The molecule has 0 atom stereocenters. The topological polar surface area (TPSA) is 94.7 Å². The first-order valence-electron chi connectivity index (χ1n) is 9.36. The van der Waals surface area contributed by atoms with Crippen LogP contribution in [-0.2, 0) is 0 Å². The largest absolute Gasteiger partial charge is 0.497 e. The van der Waals surface area contributed by atoms with Gasteiger partial charge in [0.15, 0.2) is 11.5 Å². The lowest BCUT2D eigenvalue weighted by Crippen LogP contribution is -2.23. The van der Waals surface area contributed by atoms with E-state index in [1.165, 1.54) is 21.3 Å². The fourth-order valence-electron chi connectivity index (χ4n) is 2.86. The zero-order valence-electron chi connectivity index (χ0n) is 17.7. The smallest absolute Gasteiger partial charge is 0.270 e.